The van der Waals surface area contributed by atoms with E-state index in [9.17, 15) is 18.0 Å². The zero-order valence-electron chi connectivity index (χ0n) is 16.7. The molecule has 0 radical (unpaired) electrons. The quantitative estimate of drug-likeness (QED) is 0.696. The molecule has 1 aliphatic heterocycles. The second-order valence-electron chi connectivity index (χ2n) is 7.79. The number of fused-ring (bicyclic) bond motifs is 1. The summed E-state index contributed by atoms with van der Waals surface area (Å²) in [6.45, 7) is 6.64. The lowest BCUT2D eigenvalue weighted by molar-refractivity contribution is -0.152. The van der Waals surface area contributed by atoms with Crippen LogP contribution in [0.1, 0.15) is 33.1 Å². The van der Waals surface area contributed by atoms with E-state index in [1.54, 1.807) is 35.2 Å². The Bertz CT molecular complexity index is 805. The molecule has 1 heterocycles. The number of hydrogen-bond donors (Lipinski definition) is 0. The third kappa shape index (κ3) is 4.24. The number of carbonyl (C=O) groups is 2. The van der Waals surface area contributed by atoms with Crippen LogP contribution >= 0.6 is 0 Å². The lowest BCUT2D eigenvalue weighted by Crippen LogP contribution is -2.56. The molecule has 1 aromatic rings. The van der Waals surface area contributed by atoms with Gasteiger partial charge in [-0.25, -0.2) is 8.42 Å². The van der Waals surface area contributed by atoms with Crippen LogP contribution in [0.15, 0.2) is 35.2 Å². The molecule has 3 atom stereocenters. The zero-order chi connectivity index (χ0) is 20.3. The molecule has 1 saturated carbocycles. The van der Waals surface area contributed by atoms with Crippen LogP contribution in [0.3, 0.4) is 0 Å². The summed E-state index contributed by atoms with van der Waals surface area (Å²) < 4.78 is 24.8. The van der Waals surface area contributed by atoms with Crippen LogP contribution in [-0.4, -0.2) is 62.0 Å². The molecule has 1 aromatic carbocycles. The Hall–Kier alpha value is -1.89. The Morgan fingerprint density at radius 3 is 2.46 bits per heavy atom. The number of benzene rings is 1. The van der Waals surface area contributed by atoms with Gasteiger partial charge in [0.1, 0.15) is 0 Å². The van der Waals surface area contributed by atoms with Crippen LogP contribution in [0.4, 0.5) is 0 Å². The summed E-state index contributed by atoms with van der Waals surface area (Å²) in [6, 6.07) is 8.25. The van der Waals surface area contributed by atoms with Crippen LogP contribution < -0.4 is 0 Å². The van der Waals surface area contributed by atoms with E-state index in [1.807, 2.05) is 18.7 Å². The first kappa shape index (κ1) is 20.8. The molecule has 0 bridgehead atoms. The fraction of sp³-hybridized carbons (Fsp3) is 0.619. The summed E-state index contributed by atoms with van der Waals surface area (Å²) in [5.74, 6) is 0.639. The van der Waals surface area contributed by atoms with E-state index >= 15 is 0 Å². The highest BCUT2D eigenvalue weighted by molar-refractivity contribution is 7.91. The second kappa shape index (κ2) is 8.64. The highest BCUT2D eigenvalue weighted by atomic mass is 32.2. The number of carbonyl (C=O) groups excluding carboxylic acids is 2. The van der Waals surface area contributed by atoms with Gasteiger partial charge in [0.2, 0.25) is 11.8 Å². The number of sulfone groups is 1. The fourth-order valence-electron chi connectivity index (χ4n) is 4.49. The van der Waals surface area contributed by atoms with E-state index < -0.39 is 9.84 Å². The average molecular weight is 407 g/mol. The van der Waals surface area contributed by atoms with Gasteiger partial charge in [0.25, 0.3) is 0 Å². The van der Waals surface area contributed by atoms with Gasteiger partial charge in [-0.05, 0) is 50.7 Å². The number of likely N-dealkylation sites (tertiary alicyclic amines) is 1. The molecule has 154 valence electrons. The van der Waals surface area contributed by atoms with Crippen LogP contribution in [0, 0.1) is 17.8 Å². The Kier molecular flexibility index (Phi) is 6.43. The summed E-state index contributed by atoms with van der Waals surface area (Å²) in [4.78, 5) is 29.2. The van der Waals surface area contributed by atoms with Gasteiger partial charge in [0.05, 0.1) is 10.6 Å². The minimum absolute atomic E-state index is 0.00792. The standard InChI is InChI=1S/C21H30N2O4S/c1-3-22(4-2)21(25)18-14-16-10-12-23(15-19(16)18)20(24)11-13-28(26,27)17-8-6-5-7-9-17/h5-9,16,18-19H,3-4,10-15H2,1-2H3/t16-,18-,19-/m1/s1. The molecule has 0 unspecified atom stereocenters. The average Bonchev–Trinajstić information content (AvgIpc) is 2.69. The van der Waals surface area contributed by atoms with E-state index in [-0.39, 0.29) is 40.7 Å². The molecule has 2 aliphatic rings. The Morgan fingerprint density at radius 2 is 1.82 bits per heavy atom. The van der Waals surface area contributed by atoms with E-state index in [2.05, 4.69) is 0 Å². The second-order valence-corrected chi connectivity index (χ2v) is 9.90. The summed E-state index contributed by atoms with van der Waals surface area (Å²) in [6.07, 6.45) is 1.82. The molecular weight excluding hydrogens is 376 g/mol. The number of piperidine rings is 1. The maximum atomic E-state index is 12.7. The van der Waals surface area contributed by atoms with Crippen molar-refractivity contribution in [3.8, 4) is 0 Å². The van der Waals surface area contributed by atoms with Gasteiger partial charge in [-0.2, -0.15) is 0 Å². The highest BCUT2D eigenvalue weighted by Gasteiger charge is 2.49. The number of nitrogens with zero attached hydrogens (tertiary/aromatic N) is 2. The maximum absolute atomic E-state index is 12.7. The molecule has 6 nitrogen and oxygen atoms in total. The number of hydrogen-bond acceptors (Lipinski definition) is 4. The van der Waals surface area contributed by atoms with Gasteiger partial charge < -0.3 is 9.80 Å². The van der Waals surface area contributed by atoms with Crippen molar-refractivity contribution in [2.75, 3.05) is 31.9 Å². The third-order valence-corrected chi connectivity index (χ3v) is 8.04. The molecule has 0 N–H and O–H groups in total. The van der Waals surface area contributed by atoms with Crippen molar-refractivity contribution < 1.29 is 18.0 Å². The zero-order valence-corrected chi connectivity index (χ0v) is 17.5. The number of rotatable bonds is 7. The maximum Gasteiger partial charge on any atom is 0.226 e. The molecular formula is C21H30N2O4S. The highest BCUT2D eigenvalue weighted by Crippen LogP contribution is 2.46. The van der Waals surface area contributed by atoms with Crippen LogP contribution in [0.25, 0.3) is 0 Å². The lowest BCUT2D eigenvalue weighted by atomic mass is 9.61. The molecule has 3 rings (SSSR count). The largest absolute Gasteiger partial charge is 0.343 e. The number of amides is 2. The first-order valence-corrected chi connectivity index (χ1v) is 11.9. The van der Waals surface area contributed by atoms with E-state index in [1.165, 1.54) is 0 Å². The molecule has 1 saturated heterocycles. The molecule has 0 aromatic heterocycles. The Morgan fingerprint density at radius 1 is 1.14 bits per heavy atom. The van der Waals surface area contributed by atoms with Crippen LogP contribution in [0.5, 0.6) is 0 Å². The summed E-state index contributed by atoms with van der Waals surface area (Å²) in [5, 5.41) is 0. The Labute approximate surface area is 167 Å². The summed E-state index contributed by atoms with van der Waals surface area (Å²) in [5.41, 5.74) is 0. The topological polar surface area (TPSA) is 74.8 Å². The van der Waals surface area contributed by atoms with E-state index in [4.69, 9.17) is 0 Å². The van der Waals surface area contributed by atoms with Gasteiger partial charge in [0.15, 0.2) is 9.84 Å². The van der Waals surface area contributed by atoms with Crippen molar-refractivity contribution in [3.63, 3.8) is 0 Å². The normalized spacial score (nSPS) is 24.2. The summed E-state index contributed by atoms with van der Waals surface area (Å²) >= 11 is 0. The van der Waals surface area contributed by atoms with Crippen LogP contribution in [0.2, 0.25) is 0 Å². The summed E-state index contributed by atoms with van der Waals surface area (Å²) in [7, 11) is -3.45. The molecule has 2 fully saturated rings. The van der Waals surface area contributed by atoms with Gasteiger partial charge in [-0.1, -0.05) is 18.2 Å². The fourth-order valence-corrected chi connectivity index (χ4v) is 5.74. The van der Waals surface area contributed by atoms with Crippen molar-refractivity contribution in [1.29, 1.82) is 0 Å². The minimum Gasteiger partial charge on any atom is -0.343 e. The van der Waals surface area contributed by atoms with Crippen LogP contribution in [-0.2, 0) is 19.4 Å². The SMILES string of the molecule is CCN(CC)C(=O)[C@@H]1C[C@H]2CCN(C(=O)CCS(=O)(=O)c3ccccc3)C[C@H]21. The molecule has 28 heavy (non-hydrogen) atoms. The molecule has 2 amide bonds. The van der Waals surface area contributed by atoms with Crippen molar-refractivity contribution in [2.45, 2.75) is 38.0 Å². The molecule has 7 heteroatoms. The van der Waals surface area contributed by atoms with Gasteiger partial charge in [0, 0.05) is 38.5 Å². The lowest BCUT2D eigenvalue weighted by Gasteiger charge is -2.51. The van der Waals surface area contributed by atoms with Crippen molar-refractivity contribution in [1.82, 2.24) is 9.80 Å². The molecule has 1 aliphatic carbocycles. The van der Waals surface area contributed by atoms with E-state index in [0.29, 0.717) is 32.1 Å². The van der Waals surface area contributed by atoms with Crippen molar-refractivity contribution >= 4 is 21.7 Å². The predicted octanol–water partition coefficient (Wildman–Crippen LogP) is 2.20. The van der Waals surface area contributed by atoms with Crippen molar-refractivity contribution in [3.05, 3.63) is 30.3 Å². The smallest absolute Gasteiger partial charge is 0.226 e. The third-order valence-electron chi connectivity index (χ3n) is 6.31. The monoisotopic (exact) mass is 406 g/mol. The molecule has 0 spiro atoms. The predicted molar refractivity (Wildman–Crippen MR) is 107 cm³/mol. The first-order valence-electron chi connectivity index (χ1n) is 10.2. The van der Waals surface area contributed by atoms with Crippen molar-refractivity contribution in [2.24, 2.45) is 17.8 Å². The first-order chi connectivity index (χ1) is 13.4. The minimum atomic E-state index is -3.45. The van der Waals surface area contributed by atoms with E-state index in [0.717, 1.165) is 12.8 Å². The van der Waals surface area contributed by atoms with Gasteiger partial charge in [-0.3, -0.25) is 9.59 Å². The van der Waals surface area contributed by atoms with Gasteiger partial charge >= 0.3 is 0 Å². The van der Waals surface area contributed by atoms with Gasteiger partial charge in [-0.15, -0.1) is 0 Å². The Balaban J connectivity index is 1.56.